The average molecular weight is 304 g/mol. The third-order valence-corrected chi connectivity index (χ3v) is 4.78. The molecule has 6 nitrogen and oxygen atoms in total. The van der Waals surface area contributed by atoms with Crippen molar-refractivity contribution in [2.45, 2.75) is 20.0 Å². The van der Waals surface area contributed by atoms with Gasteiger partial charge in [-0.2, -0.15) is 0 Å². The second kappa shape index (κ2) is 6.01. The van der Waals surface area contributed by atoms with Crippen LogP contribution in [0.2, 0.25) is 5.02 Å². The zero-order chi connectivity index (χ0) is 13.9. The molecule has 0 bridgehead atoms. The fourth-order valence-electron chi connectivity index (χ4n) is 1.76. The van der Waals surface area contributed by atoms with Crippen LogP contribution in [0.5, 0.6) is 0 Å². The van der Waals surface area contributed by atoms with Crippen LogP contribution in [0.25, 0.3) is 5.78 Å². The van der Waals surface area contributed by atoms with Crippen molar-refractivity contribution in [3.8, 4) is 0 Å². The first-order chi connectivity index (χ1) is 9.09. The SMILES string of the molecule is CCOP(=O)(Cc1c(Cl)cnc2nccn12)OCC. The van der Waals surface area contributed by atoms with Crippen LogP contribution < -0.4 is 0 Å². The number of hydrogen-bond donors (Lipinski definition) is 0. The Hall–Kier alpha value is -0.940. The van der Waals surface area contributed by atoms with Crippen molar-refractivity contribution in [1.29, 1.82) is 0 Å². The highest BCUT2D eigenvalue weighted by molar-refractivity contribution is 7.53. The average Bonchev–Trinajstić information content (AvgIpc) is 2.82. The predicted octanol–water partition coefficient (Wildman–Crippen LogP) is 3.15. The van der Waals surface area contributed by atoms with E-state index in [0.717, 1.165) is 0 Å². The van der Waals surface area contributed by atoms with Gasteiger partial charge in [0, 0.05) is 12.4 Å². The summed E-state index contributed by atoms with van der Waals surface area (Å²) in [6, 6.07) is 0. The van der Waals surface area contributed by atoms with Gasteiger partial charge in [0.25, 0.3) is 0 Å². The molecule has 0 radical (unpaired) electrons. The first kappa shape index (κ1) is 14.5. The summed E-state index contributed by atoms with van der Waals surface area (Å²) in [5, 5.41) is 0.408. The molecule has 19 heavy (non-hydrogen) atoms. The molecule has 0 fully saturated rings. The standard InChI is InChI=1S/C11H15ClN3O3P/c1-3-17-19(16,18-4-2)8-10-9(12)7-14-11-13-5-6-15(10)11/h5-7H,3-4,8H2,1-2H3. The van der Waals surface area contributed by atoms with Crippen LogP contribution in [-0.4, -0.2) is 27.6 Å². The lowest BCUT2D eigenvalue weighted by Crippen LogP contribution is -2.04. The third-order valence-electron chi connectivity index (χ3n) is 2.48. The first-order valence-corrected chi connectivity index (χ1v) is 8.04. The smallest absolute Gasteiger partial charge is 0.309 e. The molecule has 0 N–H and O–H groups in total. The Morgan fingerprint density at radius 1 is 1.32 bits per heavy atom. The van der Waals surface area contributed by atoms with E-state index in [1.54, 1.807) is 30.6 Å². The normalized spacial score (nSPS) is 12.2. The lowest BCUT2D eigenvalue weighted by Gasteiger charge is -2.18. The minimum atomic E-state index is -3.21. The topological polar surface area (TPSA) is 65.7 Å². The maximum atomic E-state index is 12.5. The fourth-order valence-corrected chi connectivity index (χ4v) is 3.80. The predicted molar refractivity (Wildman–Crippen MR) is 72.6 cm³/mol. The van der Waals surface area contributed by atoms with Gasteiger partial charge >= 0.3 is 7.60 Å². The maximum Gasteiger partial charge on any atom is 0.336 e. The maximum absolute atomic E-state index is 12.5. The number of fused-ring (bicyclic) bond motifs is 1. The Kier molecular flexibility index (Phi) is 4.58. The second-order valence-corrected chi connectivity index (χ2v) is 6.22. The lowest BCUT2D eigenvalue weighted by molar-refractivity contribution is 0.219. The van der Waals surface area contributed by atoms with Crippen LogP contribution in [0, 0.1) is 0 Å². The fraction of sp³-hybridized carbons (Fsp3) is 0.455. The number of imidazole rings is 1. The van der Waals surface area contributed by atoms with Crippen molar-refractivity contribution >= 4 is 25.0 Å². The number of aromatic nitrogens is 3. The first-order valence-electron chi connectivity index (χ1n) is 5.94. The van der Waals surface area contributed by atoms with Crippen LogP contribution in [0.1, 0.15) is 19.5 Å². The molecule has 2 aromatic heterocycles. The van der Waals surface area contributed by atoms with Crippen LogP contribution in [-0.2, 0) is 19.8 Å². The summed E-state index contributed by atoms with van der Waals surface area (Å²) in [6.07, 6.45) is 4.89. The second-order valence-electron chi connectivity index (χ2n) is 3.75. The van der Waals surface area contributed by atoms with Gasteiger partial charge in [-0.1, -0.05) is 11.6 Å². The number of halogens is 1. The van der Waals surface area contributed by atoms with Gasteiger partial charge in [-0.25, -0.2) is 9.97 Å². The van der Waals surface area contributed by atoms with Gasteiger partial charge in [-0.05, 0) is 13.8 Å². The molecule has 0 amide bonds. The van der Waals surface area contributed by atoms with E-state index >= 15 is 0 Å². The van der Waals surface area contributed by atoms with Crippen LogP contribution in [0.4, 0.5) is 0 Å². The van der Waals surface area contributed by atoms with Gasteiger partial charge in [0.15, 0.2) is 0 Å². The summed E-state index contributed by atoms with van der Waals surface area (Å²) in [5.74, 6) is 0.499. The molecule has 0 saturated carbocycles. The molecule has 0 saturated heterocycles. The Labute approximate surface area is 116 Å². The van der Waals surface area contributed by atoms with E-state index in [9.17, 15) is 4.57 Å². The zero-order valence-corrected chi connectivity index (χ0v) is 12.4. The molecule has 0 unspecified atom stereocenters. The monoisotopic (exact) mass is 303 g/mol. The Morgan fingerprint density at radius 3 is 2.63 bits per heavy atom. The van der Waals surface area contributed by atoms with Gasteiger partial charge in [0.1, 0.15) is 0 Å². The van der Waals surface area contributed by atoms with Crippen molar-refractivity contribution in [2.24, 2.45) is 0 Å². The van der Waals surface area contributed by atoms with E-state index in [1.807, 2.05) is 0 Å². The highest BCUT2D eigenvalue weighted by atomic mass is 35.5. The quantitative estimate of drug-likeness (QED) is 0.767. The molecular formula is C11H15ClN3O3P. The summed E-state index contributed by atoms with van der Waals surface area (Å²) in [7, 11) is -3.21. The summed E-state index contributed by atoms with van der Waals surface area (Å²) in [6.45, 7) is 4.17. The lowest BCUT2D eigenvalue weighted by atomic mass is 10.4. The van der Waals surface area contributed by atoms with E-state index in [0.29, 0.717) is 29.7 Å². The number of hydrogen-bond acceptors (Lipinski definition) is 5. The van der Waals surface area contributed by atoms with Crippen LogP contribution in [0.15, 0.2) is 18.6 Å². The van der Waals surface area contributed by atoms with Crippen molar-refractivity contribution in [3.05, 3.63) is 29.3 Å². The summed E-state index contributed by atoms with van der Waals surface area (Å²) in [5.41, 5.74) is 0.620. The molecule has 0 spiro atoms. The van der Waals surface area contributed by atoms with E-state index in [1.165, 1.54) is 6.20 Å². The van der Waals surface area contributed by atoms with Gasteiger partial charge in [-0.3, -0.25) is 8.97 Å². The molecular weight excluding hydrogens is 289 g/mol. The molecule has 0 aliphatic carbocycles. The minimum Gasteiger partial charge on any atom is -0.309 e. The van der Waals surface area contributed by atoms with Gasteiger partial charge < -0.3 is 9.05 Å². The van der Waals surface area contributed by atoms with Crippen LogP contribution in [0.3, 0.4) is 0 Å². The Balaban J connectivity index is 2.41. The molecule has 2 heterocycles. The number of nitrogens with zero attached hydrogens (tertiary/aromatic N) is 3. The largest absolute Gasteiger partial charge is 0.336 e. The molecule has 8 heteroatoms. The number of rotatable bonds is 6. The van der Waals surface area contributed by atoms with Crippen molar-refractivity contribution in [2.75, 3.05) is 13.2 Å². The highest BCUT2D eigenvalue weighted by Crippen LogP contribution is 2.51. The Morgan fingerprint density at radius 2 is 2.00 bits per heavy atom. The summed E-state index contributed by atoms with van der Waals surface area (Å²) in [4.78, 5) is 8.14. The molecule has 0 aliphatic rings. The molecule has 0 aromatic carbocycles. The molecule has 0 atom stereocenters. The van der Waals surface area contributed by atoms with Crippen molar-refractivity contribution in [1.82, 2.24) is 14.4 Å². The van der Waals surface area contributed by atoms with Crippen LogP contribution >= 0.6 is 19.2 Å². The van der Waals surface area contributed by atoms with Crippen molar-refractivity contribution < 1.29 is 13.6 Å². The zero-order valence-electron chi connectivity index (χ0n) is 10.7. The molecule has 0 aliphatic heterocycles. The summed E-state index contributed by atoms with van der Waals surface area (Å²) < 4.78 is 24.8. The highest BCUT2D eigenvalue weighted by Gasteiger charge is 2.27. The minimum absolute atomic E-state index is 0.0862. The van der Waals surface area contributed by atoms with E-state index < -0.39 is 7.60 Å². The molecule has 2 aromatic rings. The Bertz CT molecular complexity index is 606. The summed E-state index contributed by atoms with van der Waals surface area (Å²) >= 11 is 6.12. The van der Waals surface area contributed by atoms with E-state index in [2.05, 4.69) is 9.97 Å². The third kappa shape index (κ3) is 3.15. The van der Waals surface area contributed by atoms with E-state index in [4.69, 9.17) is 20.6 Å². The van der Waals surface area contributed by atoms with Gasteiger partial charge in [0.2, 0.25) is 5.78 Å². The van der Waals surface area contributed by atoms with Gasteiger partial charge in [-0.15, -0.1) is 0 Å². The molecule has 104 valence electrons. The van der Waals surface area contributed by atoms with Crippen molar-refractivity contribution in [3.63, 3.8) is 0 Å². The van der Waals surface area contributed by atoms with E-state index in [-0.39, 0.29) is 6.16 Å². The molecule has 2 rings (SSSR count). The van der Waals surface area contributed by atoms with Gasteiger partial charge in [0.05, 0.1) is 36.3 Å².